The molecule has 0 aromatic carbocycles. The van der Waals surface area contributed by atoms with Crippen molar-refractivity contribution in [2.24, 2.45) is 52.3 Å². The molecule has 0 aromatic rings. The Morgan fingerprint density at radius 1 is 0.556 bits per heavy atom. The standard InChI is InChI=1S/C45H74O18/c1-19-7-12-45(56-18-19)20(2)30-26(63-45)14-25-23-6-5-21-13-22(8-10-43(21,3)24(23)9-11-44(25,30)4)57-42-39(62-41-36(54)34(52)32(50)28(16-47)59-41)37(55)38(29(17-48)60-42)61-40-35(53)33(51)31(49)27(15-46)58-40/h19-42,46-55H,5-18H2,1-4H3/t19-,20-,21+,22-,23+,24-,25-,26-,27+,28+,29+,30-,31-,32-,33-,34-,35+,36+,37-,38-,39+,40-,41-,42+,43-,44-,45+/m0/s1. The van der Waals surface area contributed by atoms with E-state index in [1.165, 1.54) is 6.42 Å². The maximum absolute atomic E-state index is 12.0. The van der Waals surface area contributed by atoms with Gasteiger partial charge in [-0.2, -0.15) is 0 Å². The summed E-state index contributed by atoms with van der Waals surface area (Å²) in [7, 11) is 0. The monoisotopic (exact) mass is 902 g/mol. The van der Waals surface area contributed by atoms with Gasteiger partial charge in [0.1, 0.15) is 73.2 Å². The molecule has 18 heteroatoms. The van der Waals surface area contributed by atoms with Gasteiger partial charge in [-0.05, 0) is 104 Å². The summed E-state index contributed by atoms with van der Waals surface area (Å²) < 4.78 is 49.8. The number of fused-ring (bicyclic) bond motifs is 7. The van der Waals surface area contributed by atoms with Gasteiger partial charge < -0.3 is 89.0 Å². The summed E-state index contributed by atoms with van der Waals surface area (Å²) >= 11 is 0. The van der Waals surface area contributed by atoms with Crippen molar-refractivity contribution in [3.63, 3.8) is 0 Å². The number of hydrogen-bond donors (Lipinski definition) is 10. The first kappa shape index (κ1) is 47.4. The smallest absolute Gasteiger partial charge is 0.187 e. The van der Waals surface area contributed by atoms with Crippen LogP contribution in [0.25, 0.3) is 0 Å². The van der Waals surface area contributed by atoms with Gasteiger partial charge in [-0.25, -0.2) is 0 Å². The minimum absolute atomic E-state index is 0.0786. The second-order valence-corrected chi connectivity index (χ2v) is 21.5. The topological polar surface area (TPSA) is 276 Å². The van der Waals surface area contributed by atoms with Gasteiger partial charge in [0.25, 0.3) is 0 Å². The number of aliphatic hydroxyl groups excluding tert-OH is 10. The fraction of sp³-hybridized carbons (Fsp3) is 1.00. The highest BCUT2D eigenvalue weighted by Gasteiger charge is 2.69. The lowest BCUT2D eigenvalue weighted by molar-refractivity contribution is -0.391. The normalized spacial score (nSPS) is 58.2. The number of aliphatic hydroxyl groups is 10. The molecule has 9 aliphatic rings. The van der Waals surface area contributed by atoms with E-state index in [0.717, 1.165) is 51.6 Å². The van der Waals surface area contributed by atoms with E-state index in [1.54, 1.807) is 0 Å². The fourth-order valence-electron chi connectivity index (χ4n) is 14.7. The Morgan fingerprint density at radius 3 is 1.76 bits per heavy atom. The van der Waals surface area contributed by atoms with Crippen LogP contribution in [0.3, 0.4) is 0 Å². The summed E-state index contributed by atoms with van der Waals surface area (Å²) in [5.41, 5.74) is 0.280. The molecular formula is C45H74O18. The van der Waals surface area contributed by atoms with Crippen LogP contribution in [0.1, 0.15) is 91.9 Å². The van der Waals surface area contributed by atoms with E-state index >= 15 is 0 Å². The van der Waals surface area contributed by atoms with Crippen LogP contribution in [0, 0.1) is 52.3 Å². The minimum atomic E-state index is -1.84. The van der Waals surface area contributed by atoms with Crippen LogP contribution >= 0.6 is 0 Å². The van der Waals surface area contributed by atoms with Gasteiger partial charge in [0, 0.05) is 12.3 Å². The first-order valence-electron chi connectivity index (χ1n) is 23.8. The predicted octanol–water partition coefficient (Wildman–Crippen LogP) is -0.734. The largest absolute Gasteiger partial charge is 0.394 e. The van der Waals surface area contributed by atoms with E-state index in [1.807, 2.05) is 0 Å². The molecule has 1 spiro atoms. The molecule has 0 unspecified atom stereocenters. The molecule has 0 aromatic heterocycles. The van der Waals surface area contributed by atoms with Gasteiger partial charge in [-0.3, -0.25) is 0 Å². The molecule has 0 bridgehead atoms. The first-order valence-corrected chi connectivity index (χ1v) is 23.8. The van der Waals surface area contributed by atoms with Crippen LogP contribution in [-0.4, -0.2) is 188 Å². The van der Waals surface area contributed by atoms with Crippen molar-refractivity contribution < 1.29 is 89.0 Å². The molecule has 0 radical (unpaired) electrons. The van der Waals surface area contributed by atoms with E-state index in [-0.39, 0.29) is 23.0 Å². The highest BCUT2D eigenvalue weighted by atomic mass is 16.8. The summed E-state index contributed by atoms with van der Waals surface area (Å²) in [4.78, 5) is 0. The Kier molecular flexibility index (Phi) is 13.5. The molecule has 9 rings (SSSR count). The van der Waals surface area contributed by atoms with Crippen LogP contribution in [0.4, 0.5) is 0 Å². The highest BCUT2D eigenvalue weighted by Crippen LogP contribution is 2.71. The van der Waals surface area contributed by atoms with E-state index in [2.05, 4.69) is 27.7 Å². The number of ether oxygens (including phenoxy) is 8. The van der Waals surface area contributed by atoms with E-state index < -0.39 is 118 Å². The van der Waals surface area contributed by atoms with E-state index in [0.29, 0.717) is 54.3 Å². The molecule has 5 aliphatic heterocycles. The molecule has 9 fully saturated rings. The maximum atomic E-state index is 12.0. The van der Waals surface area contributed by atoms with Crippen molar-refractivity contribution in [2.45, 2.75) is 202 Å². The van der Waals surface area contributed by atoms with Crippen LogP contribution in [0.2, 0.25) is 0 Å². The third-order valence-electron chi connectivity index (χ3n) is 18.3. The highest BCUT2D eigenvalue weighted by molar-refractivity contribution is 5.15. The van der Waals surface area contributed by atoms with Gasteiger partial charge in [0.15, 0.2) is 24.7 Å². The maximum Gasteiger partial charge on any atom is 0.187 e. The summed E-state index contributed by atoms with van der Waals surface area (Å²) in [6.45, 7) is 8.24. The zero-order valence-electron chi connectivity index (χ0n) is 37.0. The summed E-state index contributed by atoms with van der Waals surface area (Å²) in [5.74, 6) is 3.05. The third-order valence-corrected chi connectivity index (χ3v) is 18.3. The summed E-state index contributed by atoms with van der Waals surface area (Å²) in [5, 5.41) is 106. The lowest BCUT2D eigenvalue weighted by atomic mass is 9.44. The van der Waals surface area contributed by atoms with Gasteiger partial charge in [-0.15, -0.1) is 0 Å². The summed E-state index contributed by atoms with van der Waals surface area (Å²) in [6.07, 6.45) is -14.4. The van der Waals surface area contributed by atoms with Crippen LogP contribution in [0.5, 0.6) is 0 Å². The molecule has 0 amide bonds. The summed E-state index contributed by atoms with van der Waals surface area (Å²) in [6, 6.07) is 0. The van der Waals surface area contributed by atoms with Gasteiger partial charge >= 0.3 is 0 Å². The van der Waals surface area contributed by atoms with Crippen molar-refractivity contribution in [3.05, 3.63) is 0 Å². The lowest BCUT2D eigenvalue weighted by Crippen LogP contribution is -2.67. The average molecular weight is 903 g/mol. The molecule has 362 valence electrons. The van der Waals surface area contributed by atoms with Crippen molar-refractivity contribution >= 4 is 0 Å². The molecular weight excluding hydrogens is 828 g/mol. The number of rotatable bonds is 9. The van der Waals surface area contributed by atoms with Crippen molar-refractivity contribution in [2.75, 3.05) is 26.4 Å². The van der Waals surface area contributed by atoms with Crippen LogP contribution in [-0.2, 0) is 37.9 Å². The van der Waals surface area contributed by atoms with Crippen LogP contribution in [0.15, 0.2) is 0 Å². The Bertz CT molecular complexity index is 1570. The average Bonchev–Trinajstić information content (AvgIpc) is 3.72. The third kappa shape index (κ3) is 7.88. The Labute approximate surface area is 369 Å². The van der Waals surface area contributed by atoms with E-state index in [4.69, 9.17) is 37.9 Å². The molecule has 4 aliphatic carbocycles. The molecule has 27 atom stereocenters. The molecule has 4 saturated carbocycles. The molecule has 5 heterocycles. The Hall–Kier alpha value is -0.720. The Balaban J connectivity index is 0.904. The quantitative estimate of drug-likeness (QED) is 0.128. The van der Waals surface area contributed by atoms with Crippen molar-refractivity contribution in [1.82, 2.24) is 0 Å². The Morgan fingerprint density at radius 2 is 1.16 bits per heavy atom. The zero-order valence-corrected chi connectivity index (χ0v) is 37.0. The molecule has 5 saturated heterocycles. The second kappa shape index (κ2) is 18.0. The van der Waals surface area contributed by atoms with Crippen molar-refractivity contribution in [3.8, 4) is 0 Å². The molecule has 18 nitrogen and oxygen atoms in total. The van der Waals surface area contributed by atoms with Gasteiger partial charge in [-0.1, -0.05) is 27.7 Å². The van der Waals surface area contributed by atoms with E-state index in [9.17, 15) is 51.1 Å². The molecule has 10 N–H and O–H groups in total. The minimum Gasteiger partial charge on any atom is -0.394 e. The van der Waals surface area contributed by atoms with Gasteiger partial charge in [0.2, 0.25) is 0 Å². The number of hydrogen-bond acceptors (Lipinski definition) is 18. The van der Waals surface area contributed by atoms with Crippen LogP contribution < -0.4 is 0 Å². The lowest BCUT2D eigenvalue weighted by Gasteiger charge is -2.61. The van der Waals surface area contributed by atoms with Gasteiger partial charge in [0.05, 0.1) is 38.6 Å². The SMILES string of the molecule is C[C@H]1CC[C@@]2(OC1)O[C@H]1C[C@H]3[C@@H]4CC[C@@H]5C[C@@H](O[C@@H]6O[C@H](CO)[C@H](O[C@@H]7O[C@H](CO)[C@H](O)[C@H](O)[C@H]7O)[C@H](O)[C@H]6O[C@@H]6O[C@H](CO)[C@H](O)[C@H](O)[C@H]6O)CC[C@]5(C)[C@H]4CC[C@]3(C)[C@H]1[C@@H]2C. The fourth-order valence-corrected chi connectivity index (χ4v) is 14.7. The molecule has 63 heavy (non-hydrogen) atoms. The zero-order chi connectivity index (χ0) is 44.9. The first-order chi connectivity index (χ1) is 30.0. The predicted molar refractivity (Wildman–Crippen MR) is 216 cm³/mol. The van der Waals surface area contributed by atoms with Crippen molar-refractivity contribution in [1.29, 1.82) is 0 Å². The second-order valence-electron chi connectivity index (χ2n) is 21.5.